The Labute approximate surface area is 140 Å². The van der Waals surface area contributed by atoms with Crippen molar-refractivity contribution in [3.05, 3.63) is 11.6 Å². The molecule has 23 heavy (non-hydrogen) atoms. The molecule has 1 unspecified atom stereocenters. The summed E-state index contributed by atoms with van der Waals surface area (Å²) < 4.78 is 0. The third-order valence-corrected chi connectivity index (χ3v) is 5.03. The van der Waals surface area contributed by atoms with Crippen molar-refractivity contribution in [3.8, 4) is 0 Å². The summed E-state index contributed by atoms with van der Waals surface area (Å²) in [5, 5.41) is 3.08. The van der Waals surface area contributed by atoms with Gasteiger partial charge in [-0.25, -0.2) is 0 Å². The van der Waals surface area contributed by atoms with Gasteiger partial charge in [-0.05, 0) is 45.4 Å². The summed E-state index contributed by atoms with van der Waals surface area (Å²) in [4.78, 5) is 27.9. The standard InChI is InChI=1S/C18H31N3O2/c1-15(20-11-6-12-21(14-13-20)16(2)22)18(23)19-10-9-17-7-4-3-5-8-17/h7,15H,3-6,8-14H2,1-2H3,(H,19,23). The number of carbonyl (C=O) groups excluding carboxylic acids is 2. The van der Waals surface area contributed by atoms with E-state index in [-0.39, 0.29) is 17.9 Å². The van der Waals surface area contributed by atoms with Crippen LogP contribution in [0.1, 0.15) is 52.4 Å². The number of carbonyl (C=O) groups is 2. The SMILES string of the molecule is CC(=O)N1CCCN(C(C)C(=O)NCCC2=CCCCC2)CC1. The number of nitrogens with one attached hydrogen (secondary N) is 1. The van der Waals surface area contributed by atoms with Crippen LogP contribution < -0.4 is 5.32 Å². The van der Waals surface area contributed by atoms with Crippen LogP contribution in [0.15, 0.2) is 11.6 Å². The Morgan fingerprint density at radius 3 is 2.70 bits per heavy atom. The van der Waals surface area contributed by atoms with Crippen LogP contribution in [0.2, 0.25) is 0 Å². The van der Waals surface area contributed by atoms with Gasteiger partial charge in [0.25, 0.3) is 0 Å². The lowest BCUT2D eigenvalue weighted by Gasteiger charge is -2.27. The van der Waals surface area contributed by atoms with E-state index in [1.165, 1.54) is 31.3 Å². The third kappa shape index (κ3) is 5.65. The maximum atomic E-state index is 12.4. The summed E-state index contributed by atoms with van der Waals surface area (Å²) in [6.07, 6.45) is 9.24. The van der Waals surface area contributed by atoms with Crippen molar-refractivity contribution < 1.29 is 9.59 Å². The zero-order valence-corrected chi connectivity index (χ0v) is 14.6. The predicted octanol–water partition coefficient (Wildman–Crippen LogP) is 1.94. The second-order valence-electron chi connectivity index (χ2n) is 6.72. The molecule has 1 atom stereocenters. The van der Waals surface area contributed by atoms with Gasteiger partial charge in [0.1, 0.15) is 0 Å². The van der Waals surface area contributed by atoms with Gasteiger partial charge in [0, 0.05) is 39.6 Å². The maximum absolute atomic E-state index is 12.4. The summed E-state index contributed by atoms with van der Waals surface area (Å²) in [7, 11) is 0. The van der Waals surface area contributed by atoms with E-state index in [1.54, 1.807) is 6.92 Å². The summed E-state index contributed by atoms with van der Waals surface area (Å²) in [5.41, 5.74) is 1.50. The van der Waals surface area contributed by atoms with E-state index in [4.69, 9.17) is 0 Å². The Morgan fingerprint density at radius 2 is 2.00 bits per heavy atom. The van der Waals surface area contributed by atoms with Crippen LogP contribution >= 0.6 is 0 Å². The van der Waals surface area contributed by atoms with Crippen molar-refractivity contribution in [1.29, 1.82) is 0 Å². The first-order valence-corrected chi connectivity index (χ1v) is 9.03. The van der Waals surface area contributed by atoms with E-state index >= 15 is 0 Å². The molecule has 0 aromatic carbocycles. The zero-order valence-electron chi connectivity index (χ0n) is 14.6. The second-order valence-corrected chi connectivity index (χ2v) is 6.72. The van der Waals surface area contributed by atoms with Gasteiger partial charge in [-0.1, -0.05) is 11.6 Å². The van der Waals surface area contributed by atoms with Gasteiger partial charge >= 0.3 is 0 Å². The average molecular weight is 321 g/mol. The van der Waals surface area contributed by atoms with Crippen LogP contribution in [0.25, 0.3) is 0 Å². The number of allylic oxidation sites excluding steroid dienone is 1. The fourth-order valence-electron chi connectivity index (χ4n) is 3.43. The van der Waals surface area contributed by atoms with Crippen LogP contribution in [-0.2, 0) is 9.59 Å². The Balaban J connectivity index is 1.73. The van der Waals surface area contributed by atoms with Crippen molar-refractivity contribution in [2.45, 2.75) is 58.4 Å². The van der Waals surface area contributed by atoms with Crippen molar-refractivity contribution in [1.82, 2.24) is 15.1 Å². The molecule has 1 aliphatic heterocycles. The second kappa shape index (κ2) is 9.06. The summed E-state index contributed by atoms with van der Waals surface area (Å²) in [6.45, 7) is 7.50. The van der Waals surface area contributed by atoms with Crippen molar-refractivity contribution in [2.24, 2.45) is 0 Å². The lowest BCUT2D eigenvalue weighted by molar-refractivity contribution is -0.128. The Morgan fingerprint density at radius 1 is 1.17 bits per heavy atom. The van der Waals surface area contributed by atoms with Crippen molar-refractivity contribution in [2.75, 3.05) is 32.7 Å². The first-order valence-electron chi connectivity index (χ1n) is 9.03. The average Bonchev–Trinajstić information content (AvgIpc) is 2.81. The lowest BCUT2D eigenvalue weighted by atomic mass is 9.97. The van der Waals surface area contributed by atoms with Crippen LogP contribution in [0, 0.1) is 0 Å². The number of hydrogen-bond acceptors (Lipinski definition) is 3. The van der Waals surface area contributed by atoms with Crippen LogP contribution in [0.5, 0.6) is 0 Å². The lowest BCUT2D eigenvalue weighted by Crippen LogP contribution is -2.47. The number of hydrogen-bond donors (Lipinski definition) is 1. The molecular weight excluding hydrogens is 290 g/mol. The third-order valence-electron chi connectivity index (χ3n) is 5.03. The molecule has 5 heteroatoms. The largest absolute Gasteiger partial charge is 0.354 e. The molecule has 130 valence electrons. The normalized spacial score (nSPS) is 21.3. The van der Waals surface area contributed by atoms with Crippen LogP contribution in [-0.4, -0.2) is 60.4 Å². The van der Waals surface area contributed by atoms with E-state index in [0.29, 0.717) is 0 Å². The van der Waals surface area contributed by atoms with Gasteiger partial charge in [0.05, 0.1) is 6.04 Å². The van der Waals surface area contributed by atoms with Crippen LogP contribution in [0.3, 0.4) is 0 Å². The van der Waals surface area contributed by atoms with E-state index < -0.39 is 0 Å². The minimum absolute atomic E-state index is 0.109. The molecule has 1 fully saturated rings. The van der Waals surface area contributed by atoms with Crippen molar-refractivity contribution in [3.63, 3.8) is 0 Å². The van der Waals surface area contributed by atoms with Gasteiger partial charge in [-0.3, -0.25) is 14.5 Å². The van der Waals surface area contributed by atoms with Gasteiger partial charge in [0.15, 0.2) is 0 Å². The molecule has 2 rings (SSSR count). The molecular formula is C18H31N3O2. The Hall–Kier alpha value is -1.36. The molecule has 0 saturated carbocycles. The quantitative estimate of drug-likeness (QED) is 0.787. The molecule has 1 saturated heterocycles. The molecule has 5 nitrogen and oxygen atoms in total. The molecule has 1 aliphatic carbocycles. The smallest absolute Gasteiger partial charge is 0.237 e. The summed E-state index contributed by atoms with van der Waals surface area (Å²) in [6, 6.07) is -0.123. The highest BCUT2D eigenvalue weighted by Crippen LogP contribution is 2.19. The van der Waals surface area contributed by atoms with E-state index in [2.05, 4.69) is 16.3 Å². The fraction of sp³-hybridized carbons (Fsp3) is 0.778. The minimum Gasteiger partial charge on any atom is -0.354 e. The summed E-state index contributed by atoms with van der Waals surface area (Å²) >= 11 is 0. The molecule has 0 spiro atoms. The monoisotopic (exact) mass is 321 g/mol. The van der Waals surface area contributed by atoms with E-state index in [0.717, 1.165) is 45.6 Å². The van der Waals surface area contributed by atoms with Gasteiger partial charge in [-0.2, -0.15) is 0 Å². The summed E-state index contributed by atoms with van der Waals surface area (Å²) in [5.74, 6) is 0.238. The first kappa shape index (κ1) is 18.0. The highest BCUT2D eigenvalue weighted by molar-refractivity contribution is 5.81. The maximum Gasteiger partial charge on any atom is 0.237 e. The highest BCUT2D eigenvalue weighted by atomic mass is 16.2. The highest BCUT2D eigenvalue weighted by Gasteiger charge is 2.24. The fourth-order valence-corrected chi connectivity index (χ4v) is 3.43. The Bertz CT molecular complexity index is 448. The molecule has 0 bridgehead atoms. The molecule has 2 amide bonds. The number of amides is 2. The predicted molar refractivity (Wildman–Crippen MR) is 92.1 cm³/mol. The minimum atomic E-state index is -0.123. The van der Waals surface area contributed by atoms with Gasteiger partial charge in [-0.15, -0.1) is 0 Å². The molecule has 2 aliphatic rings. The zero-order chi connectivity index (χ0) is 16.7. The van der Waals surface area contributed by atoms with E-state index in [1.807, 2.05) is 11.8 Å². The first-order chi connectivity index (χ1) is 11.1. The van der Waals surface area contributed by atoms with Crippen molar-refractivity contribution >= 4 is 11.8 Å². The molecule has 0 radical (unpaired) electrons. The van der Waals surface area contributed by atoms with Crippen LogP contribution in [0.4, 0.5) is 0 Å². The van der Waals surface area contributed by atoms with Gasteiger partial charge < -0.3 is 10.2 Å². The Kier molecular flexibility index (Phi) is 7.09. The van der Waals surface area contributed by atoms with Gasteiger partial charge in [0.2, 0.25) is 11.8 Å². The molecule has 0 aromatic heterocycles. The number of rotatable bonds is 5. The molecule has 1 N–H and O–H groups in total. The number of nitrogens with zero attached hydrogens (tertiary/aromatic N) is 2. The molecule has 1 heterocycles. The topological polar surface area (TPSA) is 52.7 Å². The van der Waals surface area contributed by atoms with E-state index in [9.17, 15) is 9.59 Å². The molecule has 0 aromatic rings.